The van der Waals surface area contributed by atoms with Crippen LogP contribution in [0.4, 0.5) is 10.1 Å². The van der Waals surface area contributed by atoms with Gasteiger partial charge in [0.15, 0.2) is 0 Å². The number of carbonyl (C=O) groups is 2. The van der Waals surface area contributed by atoms with Crippen molar-refractivity contribution in [3.8, 4) is 11.3 Å². The first-order valence-corrected chi connectivity index (χ1v) is 15.0. The van der Waals surface area contributed by atoms with Crippen LogP contribution in [0, 0.1) is 5.82 Å². The number of nitrogens with zero attached hydrogens (tertiary/aromatic N) is 1. The normalized spacial score (nSPS) is 13.4. The molecule has 0 aliphatic heterocycles. The quantitative estimate of drug-likeness (QED) is 0.239. The van der Waals surface area contributed by atoms with Crippen molar-refractivity contribution in [3.05, 3.63) is 53.3 Å². The van der Waals surface area contributed by atoms with Crippen LogP contribution in [0.5, 0.6) is 0 Å². The van der Waals surface area contributed by atoms with Gasteiger partial charge in [-0.25, -0.2) is 17.6 Å². The lowest BCUT2D eigenvalue weighted by atomic mass is 10.0. The standard InChI is InChI=1S/C28H33FN2O9S/c1-30-28(34)26-22-15-21(18-3-4-18)23(16-24(22)40-27(26)19-5-7-20(29)8-6-19)31(41(2,35)36)9-10-37-11-12-38-13-14-39-17-25(32)33/h5-8,15-16,18H,3-4,9-14,17H2,1-2H3,(H,30,34)(H,32,33). The van der Waals surface area contributed by atoms with E-state index in [1.54, 1.807) is 6.07 Å². The molecule has 0 saturated heterocycles. The first-order chi connectivity index (χ1) is 19.6. The van der Waals surface area contributed by atoms with E-state index in [0.717, 1.165) is 24.7 Å². The van der Waals surface area contributed by atoms with Gasteiger partial charge in [0.05, 0.1) is 57.1 Å². The van der Waals surface area contributed by atoms with E-state index < -0.39 is 28.4 Å². The van der Waals surface area contributed by atoms with Gasteiger partial charge in [-0.15, -0.1) is 0 Å². The fraction of sp³-hybridized carbons (Fsp3) is 0.429. The third-order valence-electron chi connectivity index (χ3n) is 6.49. The third kappa shape index (κ3) is 7.82. The van der Waals surface area contributed by atoms with Gasteiger partial charge in [-0.1, -0.05) is 0 Å². The smallest absolute Gasteiger partial charge is 0.329 e. The molecular formula is C28H33FN2O9S. The van der Waals surface area contributed by atoms with Gasteiger partial charge in [-0.3, -0.25) is 9.10 Å². The van der Waals surface area contributed by atoms with E-state index in [-0.39, 0.29) is 57.2 Å². The molecule has 1 fully saturated rings. The summed E-state index contributed by atoms with van der Waals surface area (Å²) in [5, 5.41) is 11.7. The molecule has 1 amide bonds. The highest BCUT2D eigenvalue weighted by Gasteiger charge is 2.33. The van der Waals surface area contributed by atoms with E-state index in [1.165, 1.54) is 35.6 Å². The molecule has 41 heavy (non-hydrogen) atoms. The topological polar surface area (TPSA) is 145 Å². The molecule has 1 saturated carbocycles. The Morgan fingerprint density at radius 2 is 1.68 bits per heavy atom. The van der Waals surface area contributed by atoms with Crippen LogP contribution in [0.1, 0.15) is 34.7 Å². The number of amides is 1. The molecule has 1 heterocycles. The third-order valence-corrected chi connectivity index (χ3v) is 7.67. The number of carboxylic acid groups (broad SMARTS) is 1. The number of benzene rings is 2. The van der Waals surface area contributed by atoms with Crippen molar-refractivity contribution in [1.29, 1.82) is 0 Å². The number of sulfonamides is 1. The van der Waals surface area contributed by atoms with Crippen LogP contribution >= 0.6 is 0 Å². The summed E-state index contributed by atoms with van der Waals surface area (Å²) in [6.45, 7) is 0.523. The maximum atomic E-state index is 13.6. The Bertz CT molecular complexity index is 1480. The van der Waals surface area contributed by atoms with E-state index in [0.29, 0.717) is 27.8 Å². The first kappa shape index (κ1) is 30.4. The minimum absolute atomic E-state index is 0.0413. The zero-order valence-corrected chi connectivity index (χ0v) is 23.7. The molecule has 1 aliphatic rings. The lowest BCUT2D eigenvalue weighted by Crippen LogP contribution is -2.34. The zero-order valence-electron chi connectivity index (χ0n) is 22.9. The van der Waals surface area contributed by atoms with Crippen molar-refractivity contribution in [1.82, 2.24) is 5.32 Å². The summed E-state index contributed by atoms with van der Waals surface area (Å²) in [7, 11) is -2.21. The predicted molar refractivity (Wildman–Crippen MR) is 149 cm³/mol. The van der Waals surface area contributed by atoms with E-state index in [4.69, 9.17) is 23.7 Å². The van der Waals surface area contributed by atoms with E-state index in [9.17, 15) is 22.4 Å². The summed E-state index contributed by atoms with van der Waals surface area (Å²) in [6.07, 6.45) is 2.90. The number of rotatable bonds is 16. The number of aliphatic carboxylic acids is 1. The number of furan rings is 1. The van der Waals surface area contributed by atoms with Crippen molar-refractivity contribution in [3.63, 3.8) is 0 Å². The molecule has 0 bridgehead atoms. The van der Waals surface area contributed by atoms with Gasteiger partial charge in [-0.05, 0) is 54.7 Å². The molecule has 222 valence electrons. The van der Waals surface area contributed by atoms with Gasteiger partial charge in [-0.2, -0.15) is 0 Å². The molecule has 2 N–H and O–H groups in total. The Labute approximate surface area is 237 Å². The van der Waals surface area contributed by atoms with Gasteiger partial charge in [0.25, 0.3) is 5.91 Å². The average Bonchev–Trinajstić information content (AvgIpc) is 3.70. The number of hydrogen-bond acceptors (Lipinski definition) is 8. The fourth-order valence-corrected chi connectivity index (χ4v) is 5.37. The monoisotopic (exact) mass is 592 g/mol. The van der Waals surface area contributed by atoms with E-state index in [1.807, 2.05) is 6.07 Å². The predicted octanol–water partition coefficient (Wildman–Crippen LogP) is 3.38. The lowest BCUT2D eigenvalue weighted by molar-refractivity contribution is -0.142. The molecule has 0 unspecified atom stereocenters. The van der Waals surface area contributed by atoms with E-state index >= 15 is 0 Å². The summed E-state index contributed by atoms with van der Waals surface area (Å²) in [4.78, 5) is 23.4. The van der Waals surface area contributed by atoms with Crippen LogP contribution in [0.3, 0.4) is 0 Å². The van der Waals surface area contributed by atoms with Crippen LogP contribution in [-0.2, 0) is 29.0 Å². The maximum absolute atomic E-state index is 13.6. The Morgan fingerprint density at radius 3 is 2.27 bits per heavy atom. The number of carbonyl (C=O) groups excluding carboxylic acids is 1. The lowest BCUT2D eigenvalue weighted by Gasteiger charge is -2.25. The summed E-state index contributed by atoms with van der Waals surface area (Å²) < 4.78 is 62.6. The minimum Gasteiger partial charge on any atom is -0.480 e. The number of carboxylic acids is 1. The van der Waals surface area contributed by atoms with Crippen molar-refractivity contribution >= 4 is 38.6 Å². The molecule has 0 spiro atoms. The molecule has 13 heteroatoms. The largest absolute Gasteiger partial charge is 0.480 e. The molecule has 3 aromatic rings. The molecule has 1 aliphatic carbocycles. The van der Waals surface area contributed by atoms with Crippen LogP contribution in [-0.4, -0.2) is 84.9 Å². The van der Waals surface area contributed by atoms with Crippen molar-refractivity contribution in [2.75, 3.05) is 63.8 Å². The fourth-order valence-electron chi connectivity index (χ4n) is 4.45. The number of halogens is 1. The molecule has 1 aromatic heterocycles. The van der Waals surface area contributed by atoms with E-state index in [2.05, 4.69) is 5.32 Å². The second-order valence-electron chi connectivity index (χ2n) is 9.58. The van der Waals surface area contributed by atoms with Crippen LogP contribution in [0.15, 0.2) is 40.8 Å². The van der Waals surface area contributed by atoms with Gasteiger partial charge in [0.1, 0.15) is 23.8 Å². The maximum Gasteiger partial charge on any atom is 0.329 e. The summed E-state index contributed by atoms with van der Waals surface area (Å²) >= 11 is 0. The van der Waals surface area contributed by atoms with Crippen molar-refractivity contribution < 1.29 is 46.1 Å². The van der Waals surface area contributed by atoms with Gasteiger partial charge in [0.2, 0.25) is 10.0 Å². The summed E-state index contributed by atoms with van der Waals surface area (Å²) in [5.41, 5.74) is 2.39. The number of fused-ring (bicyclic) bond motifs is 1. The second kappa shape index (κ2) is 13.4. The molecular weight excluding hydrogens is 559 g/mol. The van der Waals surface area contributed by atoms with Crippen molar-refractivity contribution in [2.45, 2.75) is 18.8 Å². The van der Waals surface area contributed by atoms with Crippen LogP contribution in [0.2, 0.25) is 0 Å². The Morgan fingerprint density at radius 1 is 1.05 bits per heavy atom. The Balaban J connectivity index is 1.55. The van der Waals surface area contributed by atoms with Crippen molar-refractivity contribution in [2.24, 2.45) is 0 Å². The second-order valence-corrected chi connectivity index (χ2v) is 11.5. The molecule has 11 nitrogen and oxygen atoms in total. The van der Waals surface area contributed by atoms with Gasteiger partial charge >= 0.3 is 5.97 Å². The zero-order chi connectivity index (χ0) is 29.6. The summed E-state index contributed by atoms with van der Waals surface area (Å²) in [6, 6.07) is 9.07. The Kier molecular flexibility index (Phi) is 9.97. The number of ether oxygens (including phenoxy) is 3. The average molecular weight is 593 g/mol. The molecule has 0 radical (unpaired) electrons. The van der Waals surface area contributed by atoms with Crippen LogP contribution < -0.4 is 9.62 Å². The number of nitrogens with one attached hydrogen (secondary N) is 1. The Hall–Kier alpha value is -3.52. The number of hydrogen-bond donors (Lipinski definition) is 2. The van der Waals surface area contributed by atoms with Gasteiger partial charge in [0, 0.05) is 24.1 Å². The SMILES string of the molecule is CNC(=O)c1c(-c2ccc(F)cc2)oc2cc(N(CCOCCOCCOCC(=O)O)S(C)(=O)=O)c(C3CC3)cc12. The highest BCUT2D eigenvalue weighted by atomic mass is 32.2. The summed E-state index contributed by atoms with van der Waals surface area (Å²) in [5.74, 6) is -1.45. The highest BCUT2D eigenvalue weighted by molar-refractivity contribution is 7.92. The molecule has 4 rings (SSSR count). The number of anilines is 1. The van der Waals surface area contributed by atoms with Gasteiger partial charge < -0.3 is 29.1 Å². The highest BCUT2D eigenvalue weighted by Crippen LogP contribution is 2.48. The molecule has 2 aromatic carbocycles. The first-order valence-electron chi connectivity index (χ1n) is 13.1. The van der Waals surface area contributed by atoms with Crippen LogP contribution in [0.25, 0.3) is 22.3 Å². The minimum atomic E-state index is -3.72. The molecule has 0 atom stereocenters.